The van der Waals surface area contributed by atoms with Gasteiger partial charge in [-0.1, -0.05) is 29.2 Å². The van der Waals surface area contributed by atoms with Crippen LogP contribution in [0.2, 0.25) is 0 Å². The third kappa shape index (κ3) is 3.22. The number of amides is 1. The number of nitrogen functional groups attached to an aromatic ring is 1. The predicted octanol–water partition coefficient (Wildman–Crippen LogP) is 1.42. The van der Waals surface area contributed by atoms with E-state index in [0.29, 0.717) is 20.8 Å². The van der Waals surface area contributed by atoms with E-state index < -0.39 is 10.8 Å². The topological polar surface area (TPSA) is 138 Å². The van der Waals surface area contributed by atoms with Crippen molar-refractivity contribution in [2.75, 3.05) is 5.73 Å². The first-order valence-corrected chi connectivity index (χ1v) is 7.06. The zero-order valence-electron chi connectivity index (χ0n) is 9.98. The van der Waals surface area contributed by atoms with Crippen LogP contribution in [0.1, 0.15) is 15.9 Å². The molecule has 1 aromatic heterocycles. The predicted molar refractivity (Wildman–Crippen MR) is 75.5 cm³/mol. The van der Waals surface area contributed by atoms with Crippen LogP contribution < -0.4 is 11.5 Å². The van der Waals surface area contributed by atoms with Gasteiger partial charge >= 0.3 is 0 Å². The number of nitrogens with two attached hydrogens (primary N) is 2. The Bertz CT molecular complexity index is 673. The molecular formula is C10H9N5O3S2. The Kier molecular flexibility index (Phi) is 4.15. The molecule has 0 aliphatic carbocycles. The molecule has 8 nitrogen and oxygen atoms in total. The van der Waals surface area contributed by atoms with Crippen LogP contribution in [0.25, 0.3) is 0 Å². The van der Waals surface area contributed by atoms with Crippen molar-refractivity contribution >= 4 is 39.8 Å². The maximum atomic E-state index is 11.0. The minimum absolute atomic E-state index is 0.102. The van der Waals surface area contributed by atoms with Gasteiger partial charge in [-0.15, -0.1) is 10.2 Å². The van der Waals surface area contributed by atoms with Gasteiger partial charge in [0.05, 0.1) is 4.92 Å². The van der Waals surface area contributed by atoms with E-state index in [-0.39, 0.29) is 11.3 Å². The SMILES string of the molecule is NC(=O)c1ccc(CSc2nnc(N)s2)c([N+](=O)[O-])c1. The minimum atomic E-state index is -0.704. The maximum Gasteiger partial charge on any atom is 0.274 e. The summed E-state index contributed by atoms with van der Waals surface area (Å²) >= 11 is 2.49. The van der Waals surface area contributed by atoms with Crippen molar-refractivity contribution in [3.8, 4) is 0 Å². The Morgan fingerprint density at radius 3 is 2.75 bits per heavy atom. The molecule has 0 saturated carbocycles. The standard InChI is InChI=1S/C10H9N5O3S2/c11-8(16)5-1-2-6(7(3-5)15(17)18)4-19-10-14-13-9(12)20-10/h1-3H,4H2,(H2,11,16)(H2,12,13). The van der Waals surface area contributed by atoms with Gasteiger partial charge in [0.15, 0.2) is 4.34 Å². The van der Waals surface area contributed by atoms with E-state index in [1.165, 1.54) is 41.3 Å². The smallest absolute Gasteiger partial charge is 0.274 e. The number of benzene rings is 1. The third-order valence-corrected chi connectivity index (χ3v) is 4.27. The average Bonchev–Trinajstić information content (AvgIpc) is 2.81. The van der Waals surface area contributed by atoms with Crippen LogP contribution in [0.3, 0.4) is 0 Å². The van der Waals surface area contributed by atoms with Gasteiger partial charge in [-0.25, -0.2) is 0 Å². The van der Waals surface area contributed by atoms with Gasteiger partial charge in [0, 0.05) is 22.9 Å². The molecule has 4 N–H and O–H groups in total. The first-order chi connectivity index (χ1) is 9.47. The number of carbonyl (C=O) groups excluding carboxylic acids is 1. The summed E-state index contributed by atoms with van der Waals surface area (Å²) in [5.41, 5.74) is 11.0. The normalized spacial score (nSPS) is 10.4. The molecule has 0 fully saturated rings. The number of hydrogen-bond acceptors (Lipinski definition) is 8. The zero-order valence-corrected chi connectivity index (χ0v) is 11.6. The maximum absolute atomic E-state index is 11.0. The lowest BCUT2D eigenvalue weighted by atomic mass is 10.1. The number of rotatable bonds is 5. The summed E-state index contributed by atoms with van der Waals surface area (Å²) in [6.45, 7) is 0. The number of carbonyl (C=O) groups is 1. The lowest BCUT2D eigenvalue weighted by Gasteiger charge is -2.03. The second-order valence-corrected chi connectivity index (χ2v) is 5.89. The third-order valence-electron chi connectivity index (χ3n) is 2.34. The number of primary amides is 1. The molecule has 0 aliphatic rings. The van der Waals surface area contributed by atoms with E-state index in [1.54, 1.807) is 0 Å². The molecule has 0 saturated heterocycles. The van der Waals surface area contributed by atoms with Crippen LogP contribution in [0.4, 0.5) is 10.8 Å². The molecule has 0 atom stereocenters. The summed E-state index contributed by atoms with van der Waals surface area (Å²) in [4.78, 5) is 21.5. The Morgan fingerprint density at radius 1 is 1.45 bits per heavy atom. The zero-order chi connectivity index (χ0) is 14.7. The van der Waals surface area contributed by atoms with Crippen molar-refractivity contribution < 1.29 is 9.72 Å². The summed E-state index contributed by atoms with van der Waals surface area (Å²) in [6.07, 6.45) is 0. The van der Waals surface area contributed by atoms with Crippen molar-refractivity contribution in [3.05, 3.63) is 39.4 Å². The molecule has 0 spiro atoms. The molecule has 1 aromatic carbocycles. The number of nitro benzene ring substituents is 1. The Morgan fingerprint density at radius 2 is 2.20 bits per heavy atom. The van der Waals surface area contributed by atoms with E-state index in [1.807, 2.05) is 0 Å². The fraction of sp³-hybridized carbons (Fsp3) is 0.100. The highest BCUT2D eigenvalue weighted by Crippen LogP contribution is 2.30. The van der Waals surface area contributed by atoms with E-state index in [2.05, 4.69) is 10.2 Å². The van der Waals surface area contributed by atoms with Crippen molar-refractivity contribution in [1.29, 1.82) is 0 Å². The molecular weight excluding hydrogens is 302 g/mol. The van der Waals surface area contributed by atoms with Crippen LogP contribution in [-0.4, -0.2) is 21.0 Å². The van der Waals surface area contributed by atoms with Crippen LogP contribution in [0.5, 0.6) is 0 Å². The average molecular weight is 311 g/mol. The lowest BCUT2D eigenvalue weighted by molar-refractivity contribution is -0.385. The van der Waals surface area contributed by atoms with Gasteiger partial charge in [0.25, 0.3) is 5.69 Å². The molecule has 1 heterocycles. The highest BCUT2D eigenvalue weighted by Gasteiger charge is 2.17. The fourth-order valence-corrected chi connectivity index (χ4v) is 3.06. The van der Waals surface area contributed by atoms with E-state index in [0.717, 1.165) is 0 Å². The fourth-order valence-electron chi connectivity index (χ4n) is 1.43. The van der Waals surface area contributed by atoms with Gasteiger partial charge in [0.2, 0.25) is 11.0 Å². The van der Waals surface area contributed by atoms with Crippen LogP contribution in [0.15, 0.2) is 22.5 Å². The van der Waals surface area contributed by atoms with Gasteiger partial charge in [0.1, 0.15) is 0 Å². The van der Waals surface area contributed by atoms with Crippen molar-refractivity contribution in [2.24, 2.45) is 5.73 Å². The van der Waals surface area contributed by atoms with Crippen molar-refractivity contribution in [2.45, 2.75) is 10.1 Å². The number of aromatic nitrogens is 2. The Balaban J connectivity index is 2.22. The van der Waals surface area contributed by atoms with Crippen LogP contribution >= 0.6 is 23.1 Å². The molecule has 104 valence electrons. The molecule has 0 radical (unpaired) electrons. The van der Waals surface area contributed by atoms with E-state index in [9.17, 15) is 14.9 Å². The number of anilines is 1. The molecule has 2 aromatic rings. The van der Waals surface area contributed by atoms with Gasteiger partial charge in [-0.05, 0) is 6.07 Å². The molecule has 0 bridgehead atoms. The van der Waals surface area contributed by atoms with Crippen LogP contribution in [0, 0.1) is 10.1 Å². The second-order valence-electron chi connectivity index (χ2n) is 3.66. The summed E-state index contributed by atoms with van der Waals surface area (Å²) in [5, 5.41) is 18.8. The highest BCUT2D eigenvalue weighted by molar-refractivity contribution is 8.00. The number of nitrogens with zero attached hydrogens (tertiary/aromatic N) is 3. The van der Waals surface area contributed by atoms with Crippen molar-refractivity contribution in [3.63, 3.8) is 0 Å². The molecule has 2 rings (SSSR count). The Labute approximate surface area is 121 Å². The quantitative estimate of drug-likeness (QED) is 0.483. The number of thioether (sulfide) groups is 1. The minimum Gasteiger partial charge on any atom is -0.374 e. The number of nitro groups is 1. The molecule has 0 aliphatic heterocycles. The summed E-state index contributed by atoms with van der Waals surface area (Å²) in [6, 6.07) is 4.14. The number of hydrogen-bond donors (Lipinski definition) is 2. The highest BCUT2D eigenvalue weighted by atomic mass is 32.2. The first-order valence-electron chi connectivity index (χ1n) is 5.26. The second kappa shape index (κ2) is 5.84. The van der Waals surface area contributed by atoms with E-state index in [4.69, 9.17) is 11.5 Å². The van der Waals surface area contributed by atoms with Gasteiger partial charge in [-0.3, -0.25) is 14.9 Å². The molecule has 1 amide bonds. The molecule has 20 heavy (non-hydrogen) atoms. The Hall–Kier alpha value is -2.20. The first kappa shape index (κ1) is 14.2. The molecule has 10 heteroatoms. The van der Waals surface area contributed by atoms with E-state index >= 15 is 0 Å². The van der Waals surface area contributed by atoms with Gasteiger partial charge < -0.3 is 11.5 Å². The summed E-state index contributed by atoms with van der Waals surface area (Å²) in [5.74, 6) is -0.381. The van der Waals surface area contributed by atoms with Crippen molar-refractivity contribution in [1.82, 2.24) is 10.2 Å². The summed E-state index contributed by atoms with van der Waals surface area (Å²) < 4.78 is 0.621. The van der Waals surface area contributed by atoms with Crippen LogP contribution in [-0.2, 0) is 5.75 Å². The monoisotopic (exact) mass is 311 g/mol. The summed E-state index contributed by atoms with van der Waals surface area (Å²) in [7, 11) is 0. The largest absolute Gasteiger partial charge is 0.374 e. The lowest BCUT2D eigenvalue weighted by Crippen LogP contribution is -2.11. The van der Waals surface area contributed by atoms with Gasteiger partial charge in [-0.2, -0.15) is 0 Å². The molecule has 0 unspecified atom stereocenters.